The number of carbonyl (C=O) groups excluding carboxylic acids is 2. The van der Waals surface area contributed by atoms with Crippen LogP contribution in [0.4, 0.5) is 18.9 Å². The number of halogens is 3. The van der Waals surface area contributed by atoms with Crippen LogP contribution in [0.15, 0.2) is 36.4 Å². The molecule has 1 N–H and O–H groups in total. The maximum absolute atomic E-state index is 12.5. The second-order valence-corrected chi connectivity index (χ2v) is 3.18. The summed E-state index contributed by atoms with van der Waals surface area (Å²) in [7, 11) is 0. The minimum absolute atomic E-state index is 0.422. The van der Waals surface area contributed by atoms with Gasteiger partial charge in [0.25, 0.3) is 0 Å². The van der Waals surface area contributed by atoms with Crippen molar-refractivity contribution in [2.45, 2.75) is 6.18 Å². The number of alkyl halides is 3. The van der Waals surface area contributed by atoms with Crippen molar-refractivity contribution in [1.82, 2.24) is 0 Å². The third kappa shape index (κ3) is 3.93. The van der Waals surface area contributed by atoms with Crippen molar-refractivity contribution in [2.75, 3.05) is 5.32 Å². The van der Waals surface area contributed by atoms with Crippen LogP contribution in [0.3, 0.4) is 0 Å². The van der Waals surface area contributed by atoms with Gasteiger partial charge in [-0.3, -0.25) is 4.79 Å². The Labute approximate surface area is 99.7 Å². The molecule has 0 unspecified atom stereocenters. The first-order chi connectivity index (χ1) is 8.30. The summed E-state index contributed by atoms with van der Waals surface area (Å²) >= 11 is 0. The smallest absolute Gasteiger partial charge is 0.418 e. The molecule has 4 nitrogen and oxygen atoms in total. The van der Waals surface area contributed by atoms with Gasteiger partial charge in [-0.15, -0.1) is 0 Å². The first-order valence-electron chi connectivity index (χ1n) is 4.67. The molecule has 0 aliphatic carbocycles. The van der Waals surface area contributed by atoms with Gasteiger partial charge in [-0.25, -0.2) is 0 Å². The minimum Gasteiger partial charge on any atom is -0.545 e. The molecule has 18 heavy (non-hydrogen) atoms. The van der Waals surface area contributed by atoms with Crippen molar-refractivity contribution in [1.29, 1.82) is 0 Å². The standard InChI is InChI=1S/C11H8F3NO3/c12-11(13,14)7-3-1-2-4-8(7)15-9(16)5-6-10(17)18/h1-6H,(H,15,16)(H,17,18)/p-1. The number of anilines is 1. The highest BCUT2D eigenvalue weighted by atomic mass is 19.4. The van der Waals surface area contributed by atoms with Crippen LogP contribution in [0.2, 0.25) is 0 Å². The molecule has 1 rings (SSSR count). The summed E-state index contributed by atoms with van der Waals surface area (Å²) in [4.78, 5) is 21.2. The van der Waals surface area contributed by atoms with Gasteiger partial charge in [-0.1, -0.05) is 12.1 Å². The van der Waals surface area contributed by atoms with Gasteiger partial charge < -0.3 is 15.2 Å². The molecule has 0 saturated carbocycles. The first kappa shape index (κ1) is 13.8. The summed E-state index contributed by atoms with van der Waals surface area (Å²) in [5.74, 6) is -2.61. The predicted octanol–water partition coefficient (Wildman–Crippen LogP) is 0.950. The van der Waals surface area contributed by atoms with Gasteiger partial charge in [-0.2, -0.15) is 13.2 Å². The van der Waals surface area contributed by atoms with Gasteiger partial charge in [0, 0.05) is 6.08 Å². The number of nitrogens with one attached hydrogen (secondary N) is 1. The molecular weight excluding hydrogens is 251 g/mol. The monoisotopic (exact) mass is 258 g/mol. The van der Waals surface area contributed by atoms with Crippen molar-refractivity contribution in [3.63, 3.8) is 0 Å². The third-order valence-electron chi connectivity index (χ3n) is 1.86. The third-order valence-corrected chi connectivity index (χ3v) is 1.86. The zero-order chi connectivity index (χ0) is 13.8. The van der Waals surface area contributed by atoms with Gasteiger partial charge in [-0.05, 0) is 18.2 Å². The van der Waals surface area contributed by atoms with E-state index in [-0.39, 0.29) is 0 Å². The second kappa shape index (κ2) is 5.35. The topological polar surface area (TPSA) is 69.2 Å². The quantitative estimate of drug-likeness (QED) is 0.820. The molecule has 1 amide bonds. The van der Waals surface area contributed by atoms with Crippen molar-refractivity contribution in [2.24, 2.45) is 0 Å². The van der Waals surface area contributed by atoms with Crippen LogP contribution in [-0.2, 0) is 15.8 Å². The molecule has 1 aromatic rings. The lowest BCUT2D eigenvalue weighted by Crippen LogP contribution is -2.20. The van der Waals surface area contributed by atoms with Crippen molar-refractivity contribution >= 4 is 17.6 Å². The molecular formula is C11H7F3NO3-. The van der Waals surface area contributed by atoms with Crippen LogP contribution >= 0.6 is 0 Å². The molecule has 96 valence electrons. The Hall–Kier alpha value is -2.31. The molecule has 0 saturated heterocycles. The van der Waals surface area contributed by atoms with E-state index in [2.05, 4.69) is 0 Å². The van der Waals surface area contributed by atoms with E-state index in [1.807, 2.05) is 5.32 Å². The fourth-order valence-corrected chi connectivity index (χ4v) is 1.16. The molecule has 0 aliphatic rings. The van der Waals surface area contributed by atoms with E-state index in [0.717, 1.165) is 12.1 Å². The number of amides is 1. The Morgan fingerprint density at radius 3 is 2.33 bits per heavy atom. The maximum Gasteiger partial charge on any atom is 0.418 e. The number of carboxylic acids is 1. The lowest BCUT2D eigenvalue weighted by atomic mass is 10.1. The SMILES string of the molecule is O=C([O-])C=CC(=O)Nc1ccccc1C(F)(F)F. The molecule has 0 atom stereocenters. The molecule has 0 aliphatic heterocycles. The van der Waals surface area contributed by atoms with Crippen LogP contribution in [-0.4, -0.2) is 11.9 Å². The number of benzene rings is 1. The molecule has 1 aromatic carbocycles. The van der Waals surface area contributed by atoms with Crippen LogP contribution in [0, 0.1) is 0 Å². The Balaban J connectivity index is 2.92. The summed E-state index contributed by atoms with van der Waals surface area (Å²) in [6, 6.07) is 4.36. The zero-order valence-electron chi connectivity index (χ0n) is 8.82. The van der Waals surface area contributed by atoms with Crippen LogP contribution in [0.5, 0.6) is 0 Å². The molecule has 0 bridgehead atoms. The number of rotatable bonds is 3. The average molecular weight is 258 g/mol. The number of carboxylic acid groups (broad SMARTS) is 1. The second-order valence-electron chi connectivity index (χ2n) is 3.18. The normalized spacial score (nSPS) is 11.5. The maximum atomic E-state index is 12.5. The summed E-state index contributed by atoms with van der Waals surface area (Å²) in [6.45, 7) is 0. The predicted molar refractivity (Wildman–Crippen MR) is 54.2 cm³/mol. The number of aliphatic carboxylic acids is 1. The zero-order valence-corrected chi connectivity index (χ0v) is 8.82. The van der Waals surface area contributed by atoms with Gasteiger partial charge in [0.2, 0.25) is 5.91 Å². The largest absolute Gasteiger partial charge is 0.545 e. The highest BCUT2D eigenvalue weighted by molar-refractivity contribution is 6.02. The Kier molecular flexibility index (Phi) is 4.09. The van der Waals surface area contributed by atoms with E-state index in [9.17, 15) is 27.9 Å². The van der Waals surface area contributed by atoms with Crippen LogP contribution < -0.4 is 10.4 Å². The molecule has 0 spiro atoms. The summed E-state index contributed by atoms with van der Waals surface area (Å²) in [6.07, 6.45) is -3.62. The Morgan fingerprint density at radius 2 is 1.78 bits per heavy atom. The Bertz CT molecular complexity index is 495. The van der Waals surface area contributed by atoms with Gasteiger partial charge in [0.1, 0.15) is 0 Å². The van der Waals surface area contributed by atoms with Crippen molar-refractivity contribution in [3.05, 3.63) is 42.0 Å². The van der Waals surface area contributed by atoms with E-state index in [1.165, 1.54) is 12.1 Å². The Morgan fingerprint density at radius 1 is 1.17 bits per heavy atom. The summed E-state index contributed by atoms with van der Waals surface area (Å²) in [5, 5.41) is 12.0. The van der Waals surface area contributed by atoms with E-state index in [0.29, 0.717) is 12.2 Å². The van der Waals surface area contributed by atoms with E-state index in [1.54, 1.807) is 0 Å². The van der Waals surface area contributed by atoms with E-state index < -0.39 is 29.3 Å². The average Bonchev–Trinajstić information content (AvgIpc) is 2.25. The summed E-state index contributed by atoms with van der Waals surface area (Å²) in [5.41, 5.74) is -1.46. The first-order valence-corrected chi connectivity index (χ1v) is 4.67. The molecule has 0 heterocycles. The number of carbonyl (C=O) groups is 2. The van der Waals surface area contributed by atoms with Crippen molar-refractivity contribution in [3.8, 4) is 0 Å². The van der Waals surface area contributed by atoms with E-state index >= 15 is 0 Å². The van der Waals surface area contributed by atoms with E-state index in [4.69, 9.17) is 0 Å². The van der Waals surface area contributed by atoms with Crippen LogP contribution in [0.25, 0.3) is 0 Å². The molecule has 0 fully saturated rings. The summed E-state index contributed by atoms with van der Waals surface area (Å²) < 4.78 is 37.6. The lowest BCUT2D eigenvalue weighted by Gasteiger charge is -2.12. The number of hydrogen-bond acceptors (Lipinski definition) is 3. The molecule has 0 aromatic heterocycles. The number of para-hydroxylation sites is 1. The minimum atomic E-state index is -4.61. The molecule has 0 radical (unpaired) electrons. The van der Waals surface area contributed by atoms with Gasteiger partial charge in [0.05, 0.1) is 17.2 Å². The number of hydrogen-bond donors (Lipinski definition) is 1. The molecule has 7 heteroatoms. The van der Waals surface area contributed by atoms with Crippen LogP contribution in [0.1, 0.15) is 5.56 Å². The highest BCUT2D eigenvalue weighted by Crippen LogP contribution is 2.34. The van der Waals surface area contributed by atoms with Crippen molar-refractivity contribution < 1.29 is 27.9 Å². The lowest BCUT2D eigenvalue weighted by molar-refractivity contribution is -0.297. The fourth-order valence-electron chi connectivity index (χ4n) is 1.16. The highest BCUT2D eigenvalue weighted by Gasteiger charge is 2.33. The fraction of sp³-hybridized carbons (Fsp3) is 0.0909. The van der Waals surface area contributed by atoms with Gasteiger partial charge in [0.15, 0.2) is 0 Å². The van der Waals surface area contributed by atoms with Gasteiger partial charge >= 0.3 is 6.18 Å².